The quantitative estimate of drug-likeness (QED) is 0.0982. The number of fused-ring (bicyclic) bond motifs is 4. The van der Waals surface area contributed by atoms with Crippen molar-refractivity contribution in [3.05, 3.63) is 100 Å². The summed E-state index contributed by atoms with van der Waals surface area (Å²) in [6.45, 7) is 14.8. The Morgan fingerprint density at radius 2 is 1.23 bits per heavy atom. The van der Waals surface area contributed by atoms with E-state index in [0.717, 1.165) is 77.5 Å². The Kier molecular flexibility index (Phi) is 12.0. The Hall–Kier alpha value is -5.25. The standard InChI is InChI=1S/C29H36FN7O.C16H18ClFN4O/c1-18-12-25(33-17-32-18)36-14-19-4-5-20(15-36)23(19)13-24-34-27(31-10-11-38)26-28(35-24)37(16-29(26,2)3)22-8-6-21(30)7-9-22;1-16(2)9-22(11-5-3-10(18)4-6-11)14-12(16)13(19-7-8-23)20-15(17)21-14/h6-9,12,17,19-20,23,38H,4-5,10-11,13-16H2,1-3H3,(H,31,34,35);3-6,23H,7-9H2,1-2H3,(H,19,20,21). The van der Waals surface area contributed by atoms with Crippen molar-refractivity contribution in [2.24, 2.45) is 17.8 Å². The van der Waals surface area contributed by atoms with Gasteiger partial charge in [0, 0.05) is 90.8 Å². The second-order valence-corrected chi connectivity index (χ2v) is 18.1. The highest BCUT2D eigenvalue weighted by Gasteiger charge is 2.45. The molecule has 3 aliphatic heterocycles. The van der Waals surface area contributed by atoms with Crippen LogP contribution in [-0.4, -0.2) is 92.6 Å². The molecular weight excluding hydrogens is 800 g/mol. The van der Waals surface area contributed by atoms with Crippen molar-refractivity contribution in [3.8, 4) is 0 Å². The molecule has 1 aliphatic carbocycles. The largest absolute Gasteiger partial charge is 0.395 e. The van der Waals surface area contributed by atoms with Crippen LogP contribution < -0.4 is 25.3 Å². The number of anilines is 7. The maximum absolute atomic E-state index is 13.7. The molecule has 0 radical (unpaired) electrons. The monoisotopic (exact) mass is 853 g/mol. The van der Waals surface area contributed by atoms with Crippen LogP contribution in [0, 0.1) is 36.3 Å². The van der Waals surface area contributed by atoms with Gasteiger partial charge in [-0.1, -0.05) is 27.7 Å². The fraction of sp³-hybridized carbons (Fsp3) is 0.467. The van der Waals surface area contributed by atoms with Gasteiger partial charge in [-0.05, 0) is 97.7 Å². The number of benzene rings is 2. The molecule has 2 aromatic carbocycles. The number of aryl methyl sites for hydroxylation is 1. The number of halogens is 3. The van der Waals surface area contributed by atoms with E-state index in [1.54, 1.807) is 18.5 Å². The minimum Gasteiger partial charge on any atom is -0.395 e. The average Bonchev–Trinajstić information content (AvgIpc) is 3.75. The van der Waals surface area contributed by atoms with Crippen LogP contribution in [0.4, 0.5) is 49.2 Å². The number of hydrogen-bond acceptors (Lipinski definition) is 13. The van der Waals surface area contributed by atoms with Gasteiger partial charge in [-0.15, -0.1) is 0 Å². The third kappa shape index (κ3) is 8.78. The normalized spacial score (nSPS) is 20.6. The van der Waals surface area contributed by atoms with Gasteiger partial charge in [-0.2, -0.15) is 4.98 Å². The second kappa shape index (κ2) is 17.3. The first kappa shape index (κ1) is 42.4. The summed E-state index contributed by atoms with van der Waals surface area (Å²) in [7, 11) is 0. The molecule has 0 amide bonds. The molecule has 5 aromatic rings. The van der Waals surface area contributed by atoms with Gasteiger partial charge in [0.2, 0.25) is 5.28 Å². The van der Waals surface area contributed by atoms with Crippen LogP contribution in [-0.2, 0) is 17.3 Å². The van der Waals surface area contributed by atoms with Crippen molar-refractivity contribution in [1.29, 1.82) is 0 Å². The number of nitrogens with zero attached hydrogens (tertiary/aromatic N) is 9. The fourth-order valence-corrected chi connectivity index (χ4v) is 9.86. The molecule has 61 heavy (non-hydrogen) atoms. The highest BCUT2D eigenvalue weighted by Crippen LogP contribution is 2.49. The summed E-state index contributed by atoms with van der Waals surface area (Å²) >= 11 is 6.07. The van der Waals surface area contributed by atoms with Crippen LogP contribution in [0.1, 0.15) is 63.2 Å². The number of hydrogen-bond donors (Lipinski definition) is 4. The van der Waals surface area contributed by atoms with Crippen molar-refractivity contribution in [1.82, 2.24) is 29.9 Å². The van der Waals surface area contributed by atoms with Gasteiger partial charge in [0.1, 0.15) is 52.9 Å². The summed E-state index contributed by atoms with van der Waals surface area (Å²) in [5.41, 5.74) is 4.33. The molecule has 0 spiro atoms. The Labute approximate surface area is 360 Å². The molecule has 9 rings (SSSR count). The lowest BCUT2D eigenvalue weighted by Gasteiger charge is -2.38. The van der Waals surface area contributed by atoms with E-state index in [-0.39, 0.29) is 41.0 Å². The second-order valence-electron chi connectivity index (χ2n) is 17.8. The molecule has 2 unspecified atom stereocenters. The molecule has 322 valence electrons. The van der Waals surface area contributed by atoms with Gasteiger partial charge in [0.05, 0.1) is 13.2 Å². The smallest absolute Gasteiger partial charge is 0.226 e. The van der Waals surface area contributed by atoms with Gasteiger partial charge in [-0.25, -0.2) is 33.7 Å². The van der Waals surface area contributed by atoms with E-state index in [9.17, 15) is 13.9 Å². The van der Waals surface area contributed by atoms with E-state index < -0.39 is 0 Å². The highest BCUT2D eigenvalue weighted by atomic mass is 35.5. The van der Waals surface area contributed by atoms with Gasteiger partial charge in [-0.3, -0.25) is 0 Å². The van der Waals surface area contributed by atoms with Crippen molar-refractivity contribution in [3.63, 3.8) is 0 Å². The summed E-state index contributed by atoms with van der Waals surface area (Å²) in [6.07, 6.45) is 4.91. The van der Waals surface area contributed by atoms with Crippen LogP contribution >= 0.6 is 11.6 Å². The first-order valence-corrected chi connectivity index (χ1v) is 21.4. The highest BCUT2D eigenvalue weighted by molar-refractivity contribution is 6.28. The molecular formula is C45H54ClF2N11O2. The van der Waals surface area contributed by atoms with Crippen LogP contribution in [0.3, 0.4) is 0 Å². The predicted octanol–water partition coefficient (Wildman–Crippen LogP) is 7.36. The minimum atomic E-state index is -0.279. The molecule has 4 N–H and O–H groups in total. The Bertz CT molecular complexity index is 2340. The van der Waals surface area contributed by atoms with Gasteiger partial charge in [0.25, 0.3) is 0 Å². The van der Waals surface area contributed by atoms with Gasteiger partial charge < -0.3 is 35.5 Å². The van der Waals surface area contributed by atoms with E-state index in [0.29, 0.717) is 49.0 Å². The van der Waals surface area contributed by atoms with Crippen LogP contribution in [0.2, 0.25) is 5.28 Å². The maximum atomic E-state index is 13.7. The van der Waals surface area contributed by atoms with E-state index >= 15 is 0 Å². The molecule has 2 atom stereocenters. The number of aliphatic hydroxyl groups excluding tert-OH is 2. The number of rotatable bonds is 11. The Balaban J connectivity index is 0.000000191. The molecule has 3 aromatic heterocycles. The van der Waals surface area contributed by atoms with Crippen molar-refractivity contribution in [2.75, 3.05) is 77.8 Å². The summed E-state index contributed by atoms with van der Waals surface area (Å²) in [5.74, 6) is 6.01. The average molecular weight is 854 g/mol. The topological polar surface area (TPSA) is 152 Å². The van der Waals surface area contributed by atoms with Gasteiger partial charge in [0.15, 0.2) is 0 Å². The van der Waals surface area contributed by atoms with E-state index in [1.165, 1.54) is 37.1 Å². The van der Waals surface area contributed by atoms with Gasteiger partial charge >= 0.3 is 0 Å². The van der Waals surface area contributed by atoms with E-state index in [2.05, 4.69) is 74.1 Å². The summed E-state index contributed by atoms with van der Waals surface area (Å²) in [5, 5.41) is 25.2. The SMILES string of the molecule is CC1(C)CN(c2ccc(F)cc2)c2nc(Cl)nc(NCCO)c21.Cc1cc(N2CC3CCC(C2)C3Cc2nc(NCCO)c3c(n2)N(c2ccc(F)cc2)CC3(C)C)ncn1. The molecule has 1 saturated heterocycles. The molecule has 6 heterocycles. The van der Waals surface area contributed by atoms with Crippen LogP contribution in [0.25, 0.3) is 0 Å². The van der Waals surface area contributed by atoms with Crippen LogP contribution in [0.5, 0.6) is 0 Å². The lowest BCUT2D eigenvalue weighted by atomic mass is 9.82. The number of aliphatic hydroxyl groups is 2. The van der Waals surface area contributed by atoms with Crippen LogP contribution in [0.15, 0.2) is 60.9 Å². The summed E-state index contributed by atoms with van der Waals surface area (Å²) in [6, 6.07) is 15.0. The minimum absolute atomic E-state index is 0.00149. The third-order valence-corrected chi connectivity index (χ3v) is 12.6. The van der Waals surface area contributed by atoms with Crippen molar-refractivity contribution < 1.29 is 19.0 Å². The molecule has 2 bridgehead atoms. The molecule has 2 fully saturated rings. The third-order valence-electron chi connectivity index (χ3n) is 12.4. The molecule has 1 saturated carbocycles. The summed E-state index contributed by atoms with van der Waals surface area (Å²) < 4.78 is 26.9. The van der Waals surface area contributed by atoms with E-state index in [1.807, 2.05) is 24.0 Å². The molecule has 16 heteroatoms. The summed E-state index contributed by atoms with van der Waals surface area (Å²) in [4.78, 5) is 34.3. The number of nitrogens with one attached hydrogen (secondary N) is 2. The van der Waals surface area contributed by atoms with E-state index in [4.69, 9.17) is 26.7 Å². The zero-order valence-corrected chi connectivity index (χ0v) is 36.1. The molecule has 13 nitrogen and oxygen atoms in total. The first-order valence-electron chi connectivity index (χ1n) is 21.0. The zero-order valence-electron chi connectivity index (χ0n) is 35.3. The van der Waals surface area contributed by atoms with Crippen molar-refractivity contribution >= 4 is 52.1 Å². The fourth-order valence-electron chi connectivity index (χ4n) is 9.70. The lowest BCUT2D eigenvalue weighted by molar-refractivity contribution is 0.265. The predicted molar refractivity (Wildman–Crippen MR) is 235 cm³/mol. The number of aromatic nitrogens is 6. The first-order chi connectivity index (χ1) is 29.2. The Morgan fingerprint density at radius 3 is 1.74 bits per heavy atom. The zero-order chi connectivity index (χ0) is 43.1. The maximum Gasteiger partial charge on any atom is 0.226 e. The lowest BCUT2D eigenvalue weighted by Crippen LogP contribution is -2.43. The van der Waals surface area contributed by atoms with Crippen molar-refractivity contribution in [2.45, 2.75) is 64.7 Å². The Morgan fingerprint density at radius 1 is 0.721 bits per heavy atom. The number of piperidine rings is 1. The molecule has 4 aliphatic rings.